The number of aromatic nitrogens is 1. The maximum Gasteiger partial charge on any atom is 0.0973 e. The maximum absolute atomic E-state index is 5.60. The maximum atomic E-state index is 5.60. The molecule has 2 aromatic heterocycles. The highest BCUT2D eigenvalue weighted by molar-refractivity contribution is 7.14. The highest BCUT2D eigenvalue weighted by atomic mass is 32.1. The summed E-state index contributed by atoms with van der Waals surface area (Å²) in [7, 11) is 0. The number of thiazole rings is 1. The van der Waals surface area contributed by atoms with Crippen LogP contribution in [0.4, 0.5) is 0 Å². The Bertz CT molecular complexity index is 392. The van der Waals surface area contributed by atoms with E-state index in [0.717, 1.165) is 10.7 Å². The van der Waals surface area contributed by atoms with Gasteiger partial charge in [-0.3, -0.25) is 0 Å². The molecule has 4 heteroatoms. The first-order valence-electron chi connectivity index (χ1n) is 4.50. The molecule has 2 heterocycles. The van der Waals surface area contributed by atoms with Crippen molar-refractivity contribution in [1.82, 2.24) is 4.98 Å². The van der Waals surface area contributed by atoms with Crippen molar-refractivity contribution in [2.24, 2.45) is 5.73 Å². The minimum Gasteiger partial charge on any atom is -0.330 e. The van der Waals surface area contributed by atoms with Crippen LogP contribution in [0.3, 0.4) is 0 Å². The molecule has 0 amide bonds. The van der Waals surface area contributed by atoms with Gasteiger partial charge in [0.15, 0.2) is 0 Å². The average molecular weight is 224 g/mol. The molecular weight excluding hydrogens is 212 g/mol. The number of thiophene rings is 1. The van der Waals surface area contributed by atoms with Gasteiger partial charge in [-0.05, 0) is 11.4 Å². The smallest absolute Gasteiger partial charge is 0.0973 e. The fourth-order valence-corrected chi connectivity index (χ4v) is 2.80. The van der Waals surface area contributed by atoms with Gasteiger partial charge in [-0.15, -0.1) is 22.7 Å². The van der Waals surface area contributed by atoms with Crippen LogP contribution in [-0.2, 0) is 0 Å². The van der Waals surface area contributed by atoms with Crippen LogP contribution in [0, 0.1) is 0 Å². The third kappa shape index (κ3) is 1.87. The third-order valence-corrected chi connectivity index (χ3v) is 4.04. The van der Waals surface area contributed by atoms with Crippen molar-refractivity contribution in [3.05, 3.63) is 27.9 Å². The lowest BCUT2D eigenvalue weighted by Crippen LogP contribution is -2.08. The molecule has 0 saturated carbocycles. The summed E-state index contributed by atoms with van der Waals surface area (Å²) in [4.78, 5) is 5.81. The van der Waals surface area contributed by atoms with E-state index in [0.29, 0.717) is 12.5 Å². The molecule has 0 bridgehead atoms. The lowest BCUT2D eigenvalue weighted by atomic mass is 10.2. The van der Waals surface area contributed by atoms with E-state index in [1.807, 2.05) is 6.07 Å². The van der Waals surface area contributed by atoms with Gasteiger partial charge >= 0.3 is 0 Å². The normalized spacial score (nSPS) is 13.0. The number of hydrogen-bond acceptors (Lipinski definition) is 4. The zero-order valence-electron chi connectivity index (χ0n) is 7.93. The Labute approximate surface area is 91.4 Å². The standard InChI is InChI=1S/C10H12N2S2/c1-7(5-11)10-12-8(6-14-10)9-3-2-4-13-9/h2-4,6-7H,5,11H2,1H3. The Hall–Kier alpha value is -0.710. The van der Waals surface area contributed by atoms with E-state index < -0.39 is 0 Å². The van der Waals surface area contributed by atoms with Crippen LogP contribution in [0.15, 0.2) is 22.9 Å². The van der Waals surface area contributed by atoms with Crippen molar-refractivity contribution >= 4 is 22.7 Å². The van der Waals surface area contributed by atoms with Crippen molar-refractivity contribution in [3.8, 4) is 10.6 Å². The Balaban J connectivity index is 2.26. The van der Waals surface area contributed by atoms with Crippen molar-refractivity contribution < 1.29 is 0 Å². The molecule has 0 aliphatic rings. The third-order valence-electron chi connectivity index (χ3n) is 2.07. The molecule has 0 radical (unpaired) electrons. The van der Waals surface area contributed by atoms with Crippen LogP contribution in [0.2, 0.25) is 0 Å². The Morgan fingerprint density at radius 2 is 2.36 bits per heavy atom. The molecule has 0 spiro atoms. The highest BCUT2D eigenvalue weighted by Crippen LogP contribution is 2.28. The number of rotatable bonds is 3. The SMILES string of the molecule is CC(CN)c1nc(-c2cccs2)cs1. The predicted molar refractivity (Wildman–Crippen MR) is 62.9 cm³/mol. The van der Waals surface area contributed by atoms with Crippen LogP contribution >= 0.6 is 22.7 Å². The lowest BCUT2D eigenvalue weighted by molar-refractivity contribution is 0.767. The lowest BCUT2D eigenvalue weighted by Gasteiger charge is -2.01. The van der Waals surface area contributed by atoms with Crippen molar-refractivity contribution in [2.75, 3.05) is 6.54 Å². The van der Waals surface area contributed by atoms with Crippen LogP contribution in [0.25, 0.3) is 10.6 Å². The van der Waals surface area contributed by atoms with Gasteiger partial charge < -0.3 is 5.73 Å². The number of hydrogen-bond donors (Lipinski definition) is 1. The summed E-state index contributed by atoms with van der Waals surface area (Å²) >= 11 is 3.42. The minimum atomic E-state index is 0.369. The van der Waals surface area contributed by atoms with Gasteiger partial charge in [0.05, 0.1) is 15.6 Å². The van der Waals surface area contributed by atoms with Crippen LogP contribution < -0.4 is 5.73 Å². The van der Waals surface area contributed by atoms with Gasteiger partial charge in [-0.25, -0.2) is 4.98 Å². The van der Waals surface area contributed by atoms with Crippen LogP contribution in [0.5, 0.6) is 0 Å². The monoisotopic (exact) mass is 224 g/mol. The van der Waals surface area contributed by atoms with Gasteiger partial charge in [0.25, 0.3) is 0 Å². The van der Waals surface area contributed by atoms with Crippen LogP contribution in [-0.4, -0.2) is 11.5 Å². The first-order chi connectivity index (χ1) is 6.81. The van der Waals surface area contributed by atoms with E-state index >= 15 is 0 Å². The molecule has 2 rings (SSSR count). The van der Waals surface area contributed by atoms with Crippen molar-refractivity contribution in [2.45, 2.75) is 12.8 Å². The Morgan fingerprint density at radius 1 is 1.50 bits per heavy atom. The highest BCUT2D eigenvalue weighted by Gasteiger charge is 2.09. The summed E-state index contributed by atoms with van der Waals surface area (Å²) in [6, 6.07) is 4.14. The average Bonchev–Trinajstić information content (AvgIpc) is 2.86. The summed E-state index contributed by atoms with van der Waals surface area (Å²) < 4.78 is 0. The van der Waals surface area contributed by atoms with E-state index in [9.17, 15) is 0 Å². The van der Waals surface area contributed by atoms with E-state index in [4.69, 9.17) is 5.73 Å². The first kappa shape index (κ1) is 9.83. The Morgan fingerprint density at radius 3 is 3.00 bits per heavy atom. The van der Waals surface area contributed by atoms with E-state index in [2.05, 4.69) is 28.7 Å². The zero-order chi connectivity index (χ0) is 9.97. The number of nitrogens with zero attached hydrogens (tertiary/aromatic N) is 1. The molecular formula is C10H12N2S2. The molecule has 2 nitrogen and oxygen atoms in total. The van der Waals surface area contributed by atoms with Gasteiger partial charge in [0.2, 0.25) is 0 Å². The largest absolute Gasteiger partial charge is 0.330 e. The first-order valence-corrected chi connectivity index (χ1v) is 6.26. The molecule has 2 N–H and O–H groups in total. The van der Waals surface area contributed by atoms with E-state index in [1.165, 1.54) is 4.88 Å². The second-order valence-corrected chi connectivity index (χ2v) is 5.02. The fourth-order valence-electron chi connectivity index (χ4n) is 1.15. The molecule has 0 aliphatic heterocycles. The molecule has 0 fully saturated rings. The second-order valence-electron chi connectivity index (χ2n) is 3.19. The summed E-state index contributed by atoms with van der Waals surface area (Å²) in [5.74, 6) is 0.369. The molecule has 1 atom stereocenters. The van der Waals surface area contributed by atoms with Gasteiger partial charge in [-0.2, -0.15) is 0 Å². The molecule has 1 unspecified atom stereocenters. The molecule has 2 aromatic rings. The summed E-state index contributed by atoms with van der Waals surface area (Å²) in [5, 5.41) is 5.31. The summed E-state index contributed by atoms with van der Waals surface area (Å²) in [5.41, 5.74) is 6.68. The molecule has 0 aliphatic carbocycles. The van der Waals surface area contributed by atoms with E-state index in [1.54, 1.807) is 22.7 Å². The summed E-state index contributed by atoms with van der Waals surface area (Å²) in [6.07, 6.45) is 0. The number of nitrogens with two attached hydrogens (primary N) is 1. The van der Waals surface area contributed by atoms with Gasteiger partial charge in [0.1, 0.15) is 0 Å². The zero-order valence-corrected chi connectivity index (χ0v) is 9.57. The molecule has 0 saturated heterocycles. The molecule has 14 heavy (non-hydrogen) atoms. The van der Waals surface area contributed by atoms with Crippen molar-refractivity contribution in [3.63, 3.8) is 0 Å². The Kier molecular flexibility index (Phi) is 2.96. The molecule has 74 valence electrons. The fraction of sp³-hybridized carbons (Fsp3) is 0.300. The molecule has 0 aromatic carbocycles. The predicted octanol–water partition coefficient (Wildman–Crippen LogP) is 2.93. The summed E-state index contributed by atoms with van der Waals surface area (Å²) in [6.45, 7) is 2.77. The van der Waals surface area contributed by atoms with Gasteiger partial charge in [-0.1, -0.05) is 13.0 Å². The minimum absolute atomic E-state index is 0.369. The van der Waals surface area contributed by atoms with Gasteiger partial charge in [0, 0.05) is 17.8 Å². The topological polar surface area (TPSA) is 38.9 Å². The quantitative estimate of drug-likeness (QED) is 0.870. The van der Waals surface area contributed by atoms with Crippen LogP contribution in [0.1, 0.15) is 17.8 Å². The van der Waals surface area contributed by atoms with E-state index in [-0.39, 0.29) is 0 Å². The second kappa shape index (κ2) is 4.21. The van der Waals surface area contributed by atoms with Crippen molar-refractivity contribution in [1.29, 1.82) is 0 Å².